The van der Waals surface area contributed by atoms with Gasteiger partial charge in [0.25, 0.3) is 0 Å². The molecule has 4 atom stereocenters. The van der Waals surface area contributed by atoms with Crippen molar-refractivity contribution in [1.29, 1.82) is 5.26 Å². The molecule has 51 heavy (non-hydrogen) atoms. The van der Waals surface area contributed by atoms with Crippen LogP contribution in [-0.4, -0.2) is 83.4 Å². The largest absolute Gasteiger partial charge is 0.463 e. The molecule has 0 radical (unpaired) electrons. The Bertz CT molecular complexity index is 2050. The number of nitrogens with one attached hydrogen (secondary N) is 1. The molecule has 8 rings (SSSR count). The second-order valence-electron chi connectivity index (χ2n) is 14.5. The number of thiophene rings is 1. The van der Waals surface area contributed by atoms with Crippen molar-refractivity contribution in [2.45, 2.75) is 76.4 Å². The van der Waals surface area contributed by atoms with E-state index in [4.69, 9.17) is 15.2 Å². The van der Waals surface area contributed by atoms with E-state index < -0.39 is 28.9 Å². The van der Waals surface area contributed by atoms with E-state index in [-0.39, 0.29) is 85.3 Å². The third kappa shape index (κ3) is 6.13. The molecule has 3 N–H and O–H groups in total. The minimum Gasteiger partial charge on any atom is -0.463 e. The number of anilines is 2. The Morgan fingerprint density at radius 3 is 2.55 bits per heavy atom. The van der Waals surface area contributed by atoms with Gasteiger partial charge in [-0.3, -0.25) is 9.80 Å². The molecule has 4 aliphatic rings. The normalized spacial score (nSPS) is 24.7. The Kier molecular flexibility index (Phi) is 8.52. The molecule has 2 aromatic heterocycles. The maximum atomic E-state index is 17.1. The summed E-state index contributed by atoms with van der Waals surface area (Å²) in [6, 6.07) is 4.41. The zero-order chi connectivity index (χ0) is 35.8. The van der Waals surface area contributed by atoms with E-state index >= 15 is 4.39 Å². The summed E-state index contributed by atoms with van der Waals surface area (Å²) in [5.74, 6) is -2.02. The molecule has 15 heteroatoms. The predicted molar refractivity (Wildman–Crippen MR) is 185 cm³/mol. The standard InChI is InChI=1S/C36H38F5N7O2S/c1-3-48-11-8-26(18(48)2)44-33-22-12-24(36(39,40)41)28(21-6-7-25(37)31-27(21)23(13-42)32(43)51-31)29(38)30(22)45-34(46-33)49-17-35(9-10-35)16-47-14-19-4-5-20(15-47)50-19/h6-7,12,18-20,26H,3-5,8-11,14-17,43H2,1-2H3,(H,44,45,46)/t18-,19+,20+,26-/m1/s1. The molecule has 3 saturated heterocycles. The van der Waals surface area contributed by atoms with Crippen molar-refractivity contribution in [2.24, 2.45) is 5.41 Å². The van der Waals surface area contributed by atoms with Gasteiger partial charge in [-0.1, -0.05) is 13.0 Å². The van der Waals surface area contributed by atoms with Crippen LogP contribution < -0.4 is 15.8 Å². The van der Waals surface area contributed by atoms with Crippen LogP contribution in [0.3, 0.4) is 0 Å². The van der Waals surface area contributed by atoms with E-state index in [1.165, 1.54) is 0 Å². The van der Waals surface area contributed by atoms with Gasteiger partial charge in [-0.05, 0) is 63.3 Å². The van der Waals surface area contributed by atoms with Gasteiger partial charge in [0.05, 0.1) is 34.6 Å². The van der Waals surface area contributed by atoms with Gasteiger partial charge in [0.15, 0.2) is 5.82 Å². The maximum Gasteiger partial charge on any atom is 0.417 e. The maximum absolute atomic E-state index is 17.1. The molecule has 0 spiro atoms. The van der Waals surface area contributed by atoms with Gasteiger partial charge in [-0.25, -0.2) is 8.78 Å². The van der Waals surface area contributed by atoms with Crippen molar-refractivity contribution in [3.05, 3.63) is 41.0 Å². The van der Waals surface area contributed by atoms with Gasteiger partial charge in [0, 0.05) is 60.0 Å². The highest BCUT2D eigenvalue weighted by molar-refractivity contribution is 7.23. The summed E-state index contributed by atoms with van der Waals surface area (Å²) >= 11 is 0.724. The lowest BCUT2D eigenvalue weighted by Gasteiger charge is -2.34. The van der Waals surface area contributed by atoms with Crippen LogP contribution in [0.4, 0.5) is 32.8 Å². The zero-order valence-electron chi connectivity index (χ0n) is 28.2. The molecule has 5 heterocycles. The van der Waals surface area contributed by atoms with Crippen molar-refractivity contribution >= 4 is 43.1 Å². The first kappa shape index (κ1) is 34.3. The number of nitriles is 1. The number of nitrogens with zero attached hydrogens (tertiary/aromatic N) is 5. The molecule has 4 aromatic rings. The van der Waals surface area contributed by atoms with Crippen molar-refractivity contribution < 1.29 is 31.4 Å². The van der Waals surface area contributed by atoms with Gasteiger partial charge in [-0.2, -0.15) is 28.4 Å². The van der Waals surface area contributed by atoms with Gasteiger partial charge in [-0.15, -0.1) is 11.3 Å². The fraction of sp³-hybridized carbons (Fsp3) is 0.528. The lowest BCUT2D eigenvalue weighted by Crippen LogP contribution is -2.45. The Morgan fingerprint density at radius 2 is 1.90 bits per heavy atom. The van der Waals surface area contributed by atoms with Crippen molar-refractivity contribution in [2.75, 3.05) is 50.4 Å². The van der Waals surface area contributed by atoms with Gasteiger partial charge in [0.2, 0.25) is 0 Å². The molecular formula is C36H38F5N7O2S. The first-order valence-corrected chi connectivity index (χ1v) is 18.2. The summed E-state index contributed by atoms with van der Waals surface area (Å²) < 4.78 is 88.9. The van der Waals surface area contributed by atoms with E-state index in [1.807, 2.05) is 19.9 Å². The van der Waals surface area contributed by atoms with Crippen LogP contribution in [0.5, 0.6) is 6.01 Å². The molecule has 9 nitrogen and oxygen atoms in total. The fourth-order valence-corrected chi connectivity index (χ4v) is 9.19. The van der Waals surface area contributed by atoms with Gasteiger partial charge in [0.1, 0.15) is 28.2 Å². The highest BCUT2D eigenvalue weighted by atomic mass is 32.1. The Morgan fingerprint density at radius 1 is 1.16 bits per heavy atom. The smallest absolute Gasteiger partial charge is 0.417 e. The minimum atomic E-state index is -5.04. The first-order chi connectivity index (χ1) is 24.4. The number of alkyl halides is 3. The van der Waals surface area contributed by atoms with Gasteiger partial charge < -0.3 is 20.5 Å². The third-order valence-corrected chi connectivity index (χ3v) is 12.2. The molecule has 3 aliphatic heterocycles. The number of ether oxygens (including phenoxy) is 2. The molecule has 0 unspecified atom stereocenters. The van der Waals surface area contributed by atoms with E-state index in [1.54, 1.807) is 0 Å². The van der Waals surface area contributed by atoms with Gasteiger partial charge >= 0.3 is 12.2 Å². The highest BCUT2D eigenvalue weighted by Crippen LogP contribution is 2.49. The van der Waals surface area contributed by atoms with Crippen LogP contribution in [0.1, 0.15) is 57.1 Å². The number of hydrogen-bond acceptors (Lipinski definition) is 10. The number of fused-ring (bicyclic) bond motifs is 4. The first-order valence-electron chi connectivity index (χ1n) is 17.4. The highest BCUT2D eigenvalue weighted by Gasteiger charge is 2.47. The van der Waals surface area contributed by atoms with Crippen LogP contribution in [0.2, 0.25) is 0 Å². The summed E-state index contributed by atoms with van der Waals surface area (Å²) in [4.78, 5) is 13.6. The van der Waals surface area contributed by atoms with E-state index in [2.05, 4.69) is 25.1 Å². The van der Waals surface area contributed by atoms with Crippen LogP contribution in [0.15, 0.2) is 18.2 Å². The topological polar surface area (TPSA) is 113 Å². The average Bonchev–Trinajstić information content (AvgIpc) is 3.44. The number of halogens is 5. The Balaban J connectivity index is 1.24. The number of rotatable bonds is 9. The molecule has 4 fully saturated rings. The zero-order valence-corrected chi connectivity index (χ0v) is 29.1. The van der Waals surface area contributed by atoms with E-state index in [0.717, 1.165) is 87.9 Å². The average molecular weight is 728 g/mol. The number of likely N-dealkylation sites (N-methyl/N-ethyl adjacent to an activating group) is 1. The van der Waals surface area contributed by atoms with Crippen LogP contribution in [0, 0.1) is 28.4 Å². The van der Waals surface area contributed by atoms with Crippen molar-refractivity contribution in [3.63, 3.8) is 0 Å². The number of aromatic nitrogens is 2. The van der Waals surface area contributed by atoms with Crippen LogP contribution >= 0.6 is 11.3 Å². The molecular weight excluding hydrogens is 690 g/mol. The summed E-state index contributed by atoms with van der Waals surface area (Å²) in [6.45, 7) is 8.46. The molecule has 2 aromatic carbocycles. The molecule has 1 aliphatic carbocycles. The number of nitrogens with two attached hydrogens (primary N) is 1. The molecule has 2 bridgehead atoms. The second kappa shape index (κ2) is 12.7. The Hall–Kier alpha value is -3.84. The number of likely N-dealkylation sites (tertiary alicyclic amines) is 2. The number of hydrogen-bond donors (Lipinski definition) is 2. The molecule has 1 saturated carbocycles. The second-order valence-corrected chi connectivity index (χ2v) is 15.5. The van der Waals surface area contributed by atoms with Crippen molar-refractivity contribution in [1.82, 2.24) is 19.8 Å². The summed E-state index contributed by atoms with van der Waals surface area (Å²) in [5, 5.41) is 12.7. The lowest BCUT2D eigenvalue weighted by atomic mass is 9.92. The quantitative estimate of drug-likeness (QED) is 0.173. The SMILES string of the molecule is CCN1CC[C@@H](Nc2nc(OCC3(CN4C[C@@H]5CC[C@@H](C4)O5)CC3)nc3c(F)c(-c4ccc(F)c5sc(N)c(C#N)c45)c(C(F)(F)F)cc23)[C@H]1C. The number of nitrogen functional groups attached to an aromatic ring is 1. The summed E-state index contributed by atoms with van der Waals surface area (Å²) in [6.07, 6.45) is 0.150. The number of morpholine rings is 1. The van der Waals surface area contributed by atoms with E-state index in [0.29, 0.717) is 6.42 Å². The van der Waals surface area contributed by atoms with Crippen LogP contribution in [0.25, 0.3) is 32.1 Å². The molecule has 270 valence electrons. The fourth-order valence-electron chi connectivity index (χ4n) is 8.24. The Labute approximate surface area is 295 Å². The van der Waals surface area contributed by atoms with Crippen molar-refractivity contribution in [3.8, 4) is 23.2 Å². The summed E-state index contributed by atoms with van der Waals surface area (Å²) in [7, 11) is 0. The number of benzene rings is 2. The monoisotopic (exact) mass is 727 g/mol. The van der Waals surface area contributed by atoms with E-state index in [9.17, 15) is 22.8 Å². The molecule has 0 amide bonds. The van der Waals surface area contributed by atoms with Crippen LogP contribution in [-0.2, 0) is 10.9 Å². The minimum absolute atomic E-state index is 0.0371. The summed E-state index contributed by atoms with van der Waals surface area (Å²) in [5.41, 5.74) is 2.79. The predicted octanol–water partition coefficient (Wildman–Crippen LogP) is 7.18. The third-order valence-electron chi connectivity index (χ3n) is 11.2. The lowest BCUT2D eigenvalue weighted by molar-refractivity contribution is -0.137.